The number of nitrogens with zero attached hydrogens (tertiary/aromatic N) is 1. The van der Waals surface area contributed by atoms with Crippen LogP contribution in [-0.4, -0.2) is 34.8 Å². The minimum Gasteiger partial charge on any atom is -0.392 e. The first kappa shape index (κ1) is 12.8. The van der Waals surface area contributed by atoms with Crippen LogP contribution in [0.2, 0.25) is 0 Å². The normalized spacial score (nSPS) is 23.9. The molecule has 3 unspecified atom stereocenters. The third-order valence-electron chi connectivity index (χ3n) is 3.17. The highest BCUT2D eigenvalue weighted by molar-refractivity contribution is 8.00. The van der Waals surface area contributed by atoms with Gasteiger partial charge in [-0.3, -0.25) is 0 Å². The van der Waals surface area contributed by atoms with Crippen molar-refractivity contribution in [2.45, 2.75) is 43.6 Å². The molecule has 1 aliphatic carbocycles. The number of nitrogens with one attached hydrogen (secondary N) is 1. The Morgan fingerprint density at radius 1 is 1.60 bits per heavy atom. The largest absolute Gasteiger partial charge is 0.392 e. The maximum atomic E-state index is 9.39. The van der Waals surface area contributed by atoms with Gasteiger partial charge in [0, 0.05) is 11.0 Å². The van der Waals surface area contributed by atoms with Crippen LogP contribution in [0.5, 0.6) is 0 Å². The Morgan fingerprint density at radius 2 is 2.20 bits per heavy atom. The van der Waals surface area contributed by atoms with Crippen molar-refractivity contribution < 1.29 is 5.11 Å². The van der Waals surface area contributed by atoms with E-state index in [1.165, 1.54) is 0 Å². The summed E-state index contributed by atoms with van der Waals surface area (Å²) >= 11 is 1.67. The molecule has 0 saturated heterocycles. The van der Waals surface area contributed by atoms with Crippen LogP contribution in [0.4, 0.5) is 0 Å². The lowest BCUT2D eigenvalue weighted by Gasteiger charge is -2.27. The molecule has 0 aromatic rings. The van der Waals surface area contributed by atoms with Crippen molar-refractivity contribution in [1.82, 2.24) is 5.32 Å². The van der Waals surface area contributed by atoms with Gasteiger partial charge in [-0.15, -0.1) is 0 Å². The summed E-state index contributed by atoms with van der Waals surface area (Å²) < 4.78 is 0. The third-order valence-corrected chi connectivity index (χ3v) is 4.71. The van der Waals surface area contributed by atoms with Crippen LogP contribution in [-0.2, 0) is 0 Å². The molecule has 0 aromatic carbocycles. The molecule has 0 spiro atoms. The Hall–Kier alpha value is -0.240. The van der Waals surface area contributed by atoms with E-state index in [2.05, 4.69) is 11.4 Å². The van der Waals surface area contributed by atoms with Crippen molar-refractivity contribution in [3.8, 4) is 6.07 Å². The highest BCUT2D eigenvalue weighted by atomic mass is 32.2. The van der Waals surface area contributed by atoms with E-state index >= 15 is 0 Å². The molecule has 0 aromatic heterocycles. The van der Waals surface area contributed by atoms with Gasteiger partial charge in [0.25, 0.3) is 0 Å². The molecular weight excluding hydrogens is 208 g/mol. The van der Waals surface area contributed by atoms with Gasteiger partial charge in [0.05, 0.1) is 12.2 Å². The fraction of sp³-hybridized carbons (Fsp3) is 0.909. The molecule has 0 aliphatic heterocycles. The van der Waals surface area contributed by atoms with Crippen LogP contribution in [0.1, 0.15) is 26.7 Å². The number of hydrogen-bond donors (Lipinski definition) is 2. The number of aliphatic hydroxyl groups excluding tert-OH is 1. The monoisotopic (exact) mass is 228 g/mol. The second-order valence-corrected chi connectivity index (χ2v) is 5.73. The predicted molar refractivity (Wildman–Crippen MR) is 63.7 cm³/mol. The van der Waals surface area contributed by atoms with Crippen LogP contribution >= 0.6 is 11.8 Å². The molecule has 1 aliphatic rings. The fourth-order valence-electron chi connectivity index (χ4n) is 1.55. The maximum absolute atomic E-state index is 9.39. The molecule has 0 heterocycles. The van der Waals surface area contributed by atoms with Crippen LogP contribution in [0.15, 0.2) is 0 Å². The molecule has 3 atom stereocenters. The van der Waals surface area contributed by atoms with Crippen molar-refractivity contribution in [3.63, 3.8) is 0 Å². The van der Waals surface area contributed by atoms with Gasteiger partial charge in [0.2, 0.25) is 0 Å². The van der Waals surface area contributed by atoms with E-state index in [0.29, 0.717) is 5.92 Å². The van der Waals surface area contributed by atoms with Gasteiger partial charge in [-0.05, 0) is 32.7 Å². The predicted octanol–water partition coefficient (Wildman–Crippen LogP) is 1.38. The first-order valence-electron chi connectivity index (χ1n) is 5.45. The van der Waals surface area contributed by atoms with E-state index < -0.39 is 0 Å². The second kappa shape index (κ2) is 5.20. The SMILES string of the molecule is CNC(C#N)(CSC(C)C(C)O)C1CC1. The second-order valence-electron chi connectivity index (χ2n) is 4.36. The average Bonchev–Trinajstić information content (AvgIpc) is 3.04. The highest BCUT2D eigenvalue weighted by Gasteiger charge is 2.44. The molecule has 0 bridgehead atoms. The molecular formula is C11H20N2OS. The average molecular weight is 228 g/mol. The number of aliphatic hydroxyl groups is 1. The summed E-state index contributed by atoms with van der Waals surface area (Å²) in [5.74, 6) is 1.26. The molecule has 1 fully saturated rings. The number of thioether (sulfide) groups is 1. The number of hydrogen-bond acceptors (Lipinski definition) is 4. The lowest BCUT2D eigenvalue weighted by molar-refractivity contribution is 0.196. The Morgan fingerprint density at radius 3 is 2.53 bits per heavy atom. The summed E-state index contributed by atoms with van der Waals surface area (Å²) in [7, 11) is 1.86. The summed E-state index contributed by atoms with van der Waals surface area (Å²) in [5.41, 5.74) is -0.381. The molecule has 0 amide bonds. The van der Waals surface area contributed by atoms with E-state index in [4.69, 9.17) is 0 Å². The quantitative estimate of drug-likeness (QED) is 0.721. The van der Waals surface area contributed by atoms with Gasteiger partial charge in [0.15, 0.2) is 0 Å². The van der Waals surface area contributed by atoms with Crippen molar-refractivity contribution in [1.29, 1.82) is 5.26 Å². The molecule has 4 heteroatoms. The summed E-state index contributed by atoms with van der Waals surface area (Å²) in [6.07, 6.45) is 1.98. The van der Waals surface area contributed by atoms with Gasteiger partial charge < -0.3 is 10.4 Å². The highest BCUT2D eigenvalue weighted by Crippen LogP contribution is 2.41. The summed E-state index contributed by atoms with van der Waals surface area (Å²) in [6.45, 7) is 3.79. The van der Waals surface area contributed by atoms with Gasteiger partial charge in [0.1, 0.15) is 5.54 Å². The Bertz CT molecular complexity index is 247. The van der Waals surface area contributed by atoms with E-state index in [0.717, 1.165) is 18.6 Å². The molecule has 1 rings (SSSR count). The van der Waals surface area contributed by atoms with E-state index in [-0.39, 0.29) is 16.9 Å². The minimum absolute atomic E-state index is 0.185. The molecule has 0 radical (unpaired) electrons. The standard InChI is InChI=1S/C11H20N2OS/c1-8(14)9(2)15-7-11(6-12,13-3)10-4-5-10/h8-10,13-14H,4-5,7H2,1-3H3. The molecule has 86 valence electrons. The van der Waals surface area contributed by atoms with E-state index in [1.54, 1.807) is 18.7 Å². The maximum Gasteiger partial charge on any atom is 0.118 e. The smallest absolute Gasteiger partial charge is 0.118 e. The topological polar surface area (TPSA) is 56.0 Å². The van der Waals surface area contributed by atoms with Gasteiger partial charge in [-0.1, -0.05) is 6.92 Å². The molecule has 3 nitrogen and oxygen atoms in total. The van der Waals surface area contributed by atoms with Crippen molar-refractivity contribution in [3.05, 3.63) is 0 Å². The molecule has 15 heavy (non-hydrogen) atoms. The molecule has 2 N–H and O–H groups in total. The van der Waals surface area contributed by atoms with Crippen LogP contribution in [0.3, 0.4) is 0 Å². The summed E-state index contributed by atoms with van der Waals surface area (Å²) in [5, 5.41) is 22.0. The lowest BCUT2D eigenvalue weighted by atomic mass is 9.98. The third kappa shape index (κ3) is 3.10. The van der Waals surface area contributed by atoms with Crippen molar-refractivity contribution in [2.75, 3.05) is 12.8 Å². The van der Waals surface area contributed by atoms with E-state index in [9.17, 15) is 10.4 Å². The molecule has 1 saturated carbocycles. The number of nitriles is 1. The van der Waals surface area contributed by atoms with Crippen LogP contribution in [0.25, 0.3) is 0 Å². The lowest BCUT2D eigenvalue weighted by Crippen LogP contribution is -2.47. The minimum atomic E-state index is -0.381. The summed E-state index contributed by atoms with van der Waals surface area (Å²) in [6, 6.07) is 2.41. The summed E-state index contributed by atoms with van der Waals surface area (Å²) in [4.78, 5) is 0. The van der Waals surface area contributed by atoms with Crippen molar-refractivity contribution >= 4 is 11.8 Å². The number of rotatable bonds is 6. The fourth-order valence-corrected chi connectivity index (χ4v) is 2.80. The Kier molecular flexibility index (Phi) is 4.45. The Balaban J connectivity index is 2.49. The Labute approximate surface area is 96.2 Å². The zero-order valence-corrected chi connectivity index (χ0v) is 10.5. The zero-order valence-electron chi connectivity index (χ0n) is 9.66. The van der Waals surface area contributed by atoms with Crippen molar-refractivity contribution in [2.24, 2.45) is 5.92 Å². The first-order valence-corrected chi connectivity index (χ1v) is 6.50. The first-order chi connectivity index (χ1) is 7.05. The van der Waals surface area contributed by atoms with Gasteiger partial charge in [-0.25, -0.2) is 0 Å². The van der Waals surface area contributed by atoms with E-state index in [1.807, 2.05) is 14.0 Å². The van der Waals surface area contributed by atoms with Crippen LogP contribution < -0.4 is 5.32 Å². The van der Waals surface area contributed by atoms with Gasteiger partial charge >= 0.3 is 0 Å². The zero-order chi connectivity index (χ0) is 11.5. The van der Waals surface area contributed by atoms with Gasteiger partial charge in [-0.2, -0.15) is 17.0 Å². The van der Waals surface area contributed by atoms with Crippen LogP contribution in [0, 0.1) is 17.2 Å².